The van der Waals surface area contributed by atoms with Crippen LogP contribution in [-0.4, -0.2) is 42.0 Å². The van der Waals surface area contributed by atoms with Crippen LogP contribution in [0.25, 0.3) is 0 Å². The molecule has 1 amide bonds. The molecule has 2 rings (SSSR count). The lowest BCUT2D eigenvalue weighted by Gasteiger charge is -2.33. The first-order valence-corrected chi connectivity index (χ1v) is 8.78. The van der Waals surface area contributed by atoms with Gasteiger partial charge in [-0.1, -0.05) is 29.8 Å². The molecule has 25 heavy (non-hydrogen) atoms. The van der Waals surface area contributed by atoms with E-state index in [1.807, 2.05) is 56.6 Å². The van der Waals surface area contributed by atoms with Crippen LogP contribution in [0.4, 0.5) is 0 Å². The normalized spacial score (nSPS) is 12.9. The minimum atomic E-state index is -0.301. The molecule has 1 N–H and O–H groups in total. The van der Waals surface area contributed by atoms with Gasteiger partial charge in [-0.3, -0.25) is 9.78 Å². The van der Waals surface area contributed by atoms with Gasteiger partial charge in [0.05, 0.1) is 5.92 Å². The van der Waals surface area contributed by atoms with E-state index in [9.17, 15) is 4.79 Å². The van der Waals surface area contributed by atoms with Gasteiger partial charge in [-0.25, -0.2) is 0 Å². The lowest BCUT2D eigenvalue weighted by Crippen LogP contribution is -2.49. The zero-order valence-electron chi connectivity index (χ0n) is 15.3. The predicted octanol–water partition coefficient (Wildman–Crippen LogP) is 3.52. The number of halogens is 1. The summed E-state index contributed by atoms with van der Waals surface area (Å²) < 4.78 is 0. The number of amides is 1. The van der Waals surface area contributed by atoms with Crippen molar-refractivity contribution in [3.05, 3.63) is 64.9 Å². The Morgan fingerprint density at radius 3 is 2.44 bits per heavy atom. The van der Waals surface area contributed by atoms with Crippen molar-refractivity contribution in [1.29, 1.82) is 0 Å². The van der Waals surface area contributed by atoms with E-state index in [1.54, 1.807) is 6.20 Å². The highest BCUT2D eigenvalue weighted by molar-refractivity contribution is 6.30. The lowest BCUT2D eigenvalue weighted by atomic mass is 9.92. The molecule has 1 atom stereocenters. The van der Waals surface area contributed by atoms with Gasteiger partial charge in [0, 0.05) is 35.4 Å². The van der Waals surface area contributed by atoms with Crippen LogP contribution < -0.4 is 5.32 Å². The minimum absolute atomic E-state index is 0.00269. The largest absolute Gasteiger partial charge is 0.354 e. The molecule has 1 aromatic heterocycles. The summed E-state index contributed by atoms with van der Waals surface area (Å²) in [5.74, 6) is -0.298. The molecule has 2 aromatic rings. The molecule has 0 bridgehead atoms. The van der Waals surface area contributed by atoms with Crippen LogP contribution >= 0.6 is 11.6 Å². The molecule has 1 unspecified atom stereocenters. The number of hydrogen-bond donors (Lipinski definition) is 1. The first kappa shape index (κ1) is 19.4. The monoisotopic (exact) mass is 359 g/mol. The number of carbonyl (C=O) groups is 1. The highest BCUT2D eigenvalue weighted by Gasteiger charge is 2.26. The van der Waals surface area contributed by atoms with Gasteiger partial charge >= 0.3 is 0 Å². The number of nitrogens with one attached hydrogen (secondary N) is 1. The highest BCUT2D eigenvalue weighted by atomic mass is 35.5. The molecule has 4 nitrogen and oxygen atoms in total. The summed E-state index contributed by atoms with van der Waals surface area (Å²) in [4.78, 5) is 19.4. The molecular formula is C20H26ClN3O. The number of rotatable bonds is 7. The third kappa shape index (κ3) is 5.55. The molecule has 134 valence electrons. The number of likely N-dealkylation sites (N-methyl/N-ethyl adjacent to an activating group) is 1. The van der Waals surface area contributed by atoms with Crippen molar-refractivity contribution < 1.29 is 4.79 Å². The fraction of sp³-hybridized carbons (Fsp3) is 0.400. The smallest absolute Gasteiger partial charge is 0.228 e. The Balaban J connectivity index is 2.18. The number of aromatic nitrogens is 1. The van der Waals surface area contributed by atoms with Gasteiger partial charge in [0.25, 0.3) is 0 Å². The molecule has 0 fully saturated rings. The first-order valence-electron chi connectivity index (χ1n) is 8.40. The fourth-order valence-electron chi connectivity index (χ4n) is 2.37. The summed E-state index contributed by atoms with van der Waals surface area (Å²) in [7, 11) is 4.02. The maximum Gasteiger partial charge on any atom is 0.228 e. The lowest BCUT2D eigenvalue weighted by molar-refractivity contribution is -0.123. The summed E-state index contributed by atoms with van der Waals surface area (Å²) in [5.41, 5.74) is 1.71. The molecule has 0 saturated heterocycles. The van der Waals surface area contributed by atoms with E-state index in [0.717, 1.165) is 11.3 Å². The van der Waals surface area contributed by atoms with E-state index in [1.165, 1.54) is 0 Å². The van der Waals surface area contributed by atoms with Gasteiger partial charge in [-0.2, -0.15) is 0 Å². The maximum atomic E-state index is 12.9. The van der Waals surface area contributed by atoms with Gasteiger partial charge in [0.1, 0.15) is 0 Å². The average Bonchev–Trinajstić information content (AvgIpc) is 2.59. The topological polar surface area (TPSA) is 45.2 Å². The van der Waals surface area contributed by atoms with E-state index in [0.29, 0.717) is 18.0 Å². The van der Waals surface area contributed by atoms with Crippen LogP contribution in [0.5, 0.6) is 0 Å². The van der Waals surface area contributed by atoms with Crippen LogP contribution in [0.3, 0.4) is 0 Å². The molecular weight excluding hydrogens is 334 g/mol. The molecule has 0 spiro atoms. The average molecular weight is 360 g/mol. The van der Waals surface area contributed by atoms with Crippen LogP contribution in [-0.2, 0) is 11.2 Å². The number of benzene rings is 1. The maximum absolute atomic E-state index is 12.9. The van der Waals surface area contributed by atoms with Crippen LogP contribution in [0, 0.1) is 0 Å². The summed E-state index contributed by atoms with van der Waals surface area (Å²) >= 11 is 5.99. The Morgan fingerprint density at radius 2 is 1.88 bits per heavy atom. The van der Waals surface area contributed by atoms with Gasteiger partial charge in [-0.15, -0.1) is 0 Å². The van der Waals surface area contributed by atoms with E-state index in [-0.39, 0.29) is 17.4 Å². The van der Waals surface area contributed by atoms with E-state index < -0.39 is 0 Å². The minimum Gasteiger partial charge on any atom is -0.354 e. The second-order valence-corrected chi connectivity index (χ2v) is 7.49. The van der Waals surface area contributed by atoms with Crippen LogP contribution in [0.1, 0.15) is 31.0 Å². The third-order valence-electron chi connectivity index (χ3n) is 4.63. The molecule has 0 aliphatic heterocycles. The van der Waals surface area contributed by atoms with E-state index >= 15 is 0 Å². The number of hydrogen-bond acceptors (Lipinski definition) is 3. The highest BCUT2D eigenvalue weighted by Crippen LogP contribution is 2.23. The quantitative estimate of drug-likeness (QED) is 0.822. The van der Waals surface area contributed by atoms with E-state index in [2.05, 4.69) is 29.0 Å². The van der Waals surface area contributed by atoms with Gasteiger partial charge < -0.3 is 10.2 Å². The Hall–Kier alpha value is -1.91. The Kier molecular flexibility index (Phi) is 6.57. The van der Waals surface area contributed by atoms with Gasteiger partial charge in [0.15, 0.2) is 0 Å². The number of carbonyl (C=O) groups excluding carboxylic acids is 1. The fourth-order valence-corrected chi connectivity index (χ4v) is 2.50. The van der Waals surface area contributed by atoms with Crippen molar-refractivity contribution in [3.8, 4) is 0 Å². The predicted molar refractivity (Wildman–Crippen MR) is 103 cm³/mol. The van der Waals surface area contributed by atoms with Gasteiger partial charge in [-0.05, 0) is 57.8 Å². The van der Waals surface area contributed by atoms with Crippen molar-refractivity contribution in [1.82, 2.24) is 15.2 Å². The third-order valence-corrected chi connectivity index (χ3v) is 4.89. The second-order valence-electron chi connectivity index (χ2n) is 7.05. The Bertz CT molecular complexity index is 684. The van der Waals surface area contributed by atoms with Crippen molar-refractivity contribution in [2.24, 2.45) is 0 Å². The van der Waals surface area contributed by atoms with Crippen LogP contribution in [0.2, 0.25) is 5.02 Å². The summed E-state index contributed by atoms with van der Waals surface area (Å²) in [6, 6.07) is 13.2. The van der Waals surface area contributed by atoms with Crippen molar-refractivity contribution in [2.75, 3.05) is 20.6 Å². The Morgan fingerprint density at radius 1 is 1.20 bits per heavy atom. The second kappa shape index (κ2) is 8.45. The van der Waals surface area contributed by atoms with E-state index in [4.69, 9.17) is 11.6 Å². The molecule has 0 aliphatic carbocycles. The molecule has 0 aliphatic rings. The zero-order valence-corrected chi connectivity index (χ0v) is 16.0. The van der Waals surface area contributed by atoms with Crippen LogP contribution in [0.15, 0.2) is 48.7 Å². The van der Waals surface area contributed by atoms with Crippen molar-refractivity contribution in [3.63, 3.8) is 0 Å². The number of nitrogens with zero attached hydrogens (tertiary/aromatic N) is 2. The van der Waals surface area contributed by atoms with Crippen molar-refractivity contribution >= 4 is 17.5 Å². The summed E-state index contributed by atoms with van der Waals surface area (Å²) in [6.45, 7) is 4.78. The molecule has 1 aromatic carbocycles. The molecule has 5 heteroatoms. The zero-order chi connectivity index (χ0) is 18.4. The number of pyridine rings is 1. The first-order chi connectivity index (χ1) is 11.8. The molecule has 1 heterocycles. The molecule has 0 saturated carbocycles. The standard InChI is InChI=1S/C20H26ClN3O/c1-20(2,24(3)4)14-23-19(25)18(13-17-7-5-6-12-22-17)15-8-10-16(21)11-9-15/h5-12,18H,13-14H2,1-4H3,(H,23,25). The SMILES string of the molecule is CN(C)C(C)(C)CNC(=O)C(Cc1ccccn1)c1ccc(Cl)cc1. The van der Waals surface area contributed by atoms with Gasteiger partial charge in [0.2, 0.25) is 5.91 Å². The summed E-state index contributed by atoms with van der Waals surface area (Å²) in [5, 5.41) is 3.76. The summed E-state index contributed by atoms with van der Waals surface area (Å²) in [6.07, 6.45) is 2.30. The van der Waals surface area contributed by atoms with Crippen molar-refractivity contribution in [2.45, 2.75) is 31.7 Å². The molecule has 0 radical (unpaired) electrons. The Labute approximate surface area is 155 Å².